The Balaban J connectivity index is 2.08. The SMILES string of the molecule is CC(C)(C)c1ccc(OCCOc2ccccc2C=O)c(C(C)(C)C)c1. The monoisotopic (exact) mass is 354 g/mol. The number of carbonyl (C=O) groups is 1. The fraction of sp³-hybridized carbons (Fsp3) is 0.435. The van der Waals surface area contributed by atoms with Crippen molar-refractivity contribution in [2.75, 3.05) is 13.2 Å². The normalized spacial score (nSPS) is 11.9. The summed E-state index contributed by atoms with van der Waals surface area (Å²) in [5.74, 6) is 1.47. The van der Waals surface area contributed by atoms with Crippen LogP contribution in [-0.4, -0.2) is 19.5 Å². The molecule has 26 heavy (non-hydrogen) atoms. The van der Waals surface area contributed by atoms with E-state index in [0.29, 0.717) is 24.5 Å². The van der Waals surface area contributed by atoms with Gasteiger partial charge in [0.05, 0.1) is 5.56 Å². The van der Waals surface area contributed by atoms with Crippen LogP contribution in [0.3, 0.4) is 0 Å². The maximum Gasteiger partial charge on any atom is 0.153 e. The molecule has 0 N–H and O–H groups in total. The Labute approximate surface area is 157 Å². The second kappa shape index (κ2) is 7.94. The number of benzene rings is 2. The highest BCUT2D eigenvalue weighted by Crippen LogP contribution is 2.35. The highest BCUT2D eigenvalue weighted by molar-refractivity contribution is 5.79. The Kier molecular flexibility index (Phi) is 6.12. The van der Waals surface area contributed by atoms with E-state index in [1.165, 1.54) is 11.1 Å². The van der Waals surface area contributed by atoms with Crippen molar-refractivity contribution in [3.63, 3.8) is 0 Å². The summed E-state index contributed by atoms with van der Waals surface area (Å²) >= 11 is 0. The summed E-state index contributed by atoms with van der Waals surface area (Å²) in [7, 11) is 0. The number of rotatable bonds is 6. The maximum atomic E-state index is 11.0. The maximum absolute atomic E-state index is 11.0. The molecule has 2 aromatic carbocycles. The zero-order valence-corrected chi connectivity index (χ0v) is 16.8. The molecule has 0 aliphatic carbocycles. The molecule has 0 unspecified atom stereocenters. The van der Waals surface area contributed by atoms with Gasteiger partial charge in [0.1, 0.15) is 24.7 Å². The van der Waals surface area contributed by atoms with E-state index < -0.39 is 0 Å². The first-order valence-corrected chi connectivity index (χ1v) is 9.08. The van der Waals surface area contributed by atoms with Gasteiger partial charge in [-0.3, -0.25) is 4.79 Å². The lowest BCUT2D eigenvalue weighted by atomic mass is 9.80. The zero-order chi connectivity index (χ0) is 19.4. The van der Waals surface area contributed by atoms with Crippen LogP contribution in [0.15, 0.2) is 42.5 Å². The molecule has 3 heteroatoms. The van der Waals surface area contributed by atoms with Gasteiger partial charge >= 0.3 is 0 Å². The molecular formula is C23H30O3. The highest BCUT2D eigenvalue weighted by atomic mass is 16.5. The van der Waals surface area contributed by atoms with Crippen LogP contribution < -0.4 is 9.47 Å². The van der Waals surface area contributed by atoms with Gasteiger partial charge in [0.2, 0.25) is 0 Å². The van der Waals surface area contributed by atoms with Gasteiger partial charge in [0, 0.05) is 0 Å². The lowest BCUT2D eigenvalue weighted by Gasteiger charge is -2.27. The quantitative estimate of drug-likeness (QED) is 0.504. The Hall–Kier alpha value is -2.29. The number of hydrogen-bond donors (Lipinski definition) is 0. The van der Waals surface area contributed by atoms with E-state index in [1.807, 2.05) is 12.1 Å². The van der Waals surface area contributed by atoms with E-state index in [9.17, 15) is 4.79 Å². The summed E-state index contributed by atoms with van der Waals surface area (Å²) in [6.07, 6.45) is 0.805. The molecule has 0 radical (unpaired) electrons. The minimum Gasteiger partial charge on any atom is -0.490 e. The van der Waals surface area contributed by atoms with E-state index >= 15 is 0 Å². The third kappa shape index (κ3) is 5.10. The molecule has 0 aromatic heterocycles. The van der Waals surface area contributed by atoms with Crippen molar-refractivity contribution >= 4 is 6.29 Å². The van der Waals surface area contributed by atoms with Crippen LogP contribution >= 0.6 is 0 Å². The molecule has 0 saturated carbocycles. The van der Waals surface area contributed by atoms with Crippen molar-refractivity contribution in [1.29, 1.82) is 0 Å². The predicted octanol–water partition coefficient (Wildman–Crippen LogP) is 5.55. The van der Waals surface area contributed by atoms with Gasteiger partial charge in [-0.1, -0.05) is 65.8 Å². The minimum atomic E-state index is -0.0123. The largest absolute Gasteiger partial charge is 0.490 e. The van der Waals surface area contributed by atoms with Crippen LogP contribution in [-0.2, 0) is 10.8 Å². The van der Waals surface area contributed by atoms with Crippen molar-refractivity contribution in [3.05, 3.63) is 59.2 Å². The lowest BCUT2D eigenvalue weighted by Crippen LogP contribution is -2.19. The van der Waals surface area contributed by atoms with E-state index in [2.05, 4.69) is 59.7 Å². The van der Waals surface area contributed by atoms with Gasteiger partial charge in [0.15, 0.2) is 6.29 Å². The Morgan fingerprint density at radius 1 is 0.808 bits per heavy atom. The predicted molar refractivity (Wildman–Crippen MR) is 107 cm³/mol. The van der Waals surface area contributed by atoms with E-state index in [0.717, 1.165) is 12.0 Å². The second-order valence-corrected chi connectivity index (χ2v) is 8.56. The Morgan fingerprint density at radius 2 is 1.42 bits per heavy atom. The smallest absolute Gasteiger partial charge is 0.153 e. The lowest BCUT2D eigenvalue weighted by molar-refractivity contribution is 0.111. The van der Waals surface area contributed by atoms with Gasteiger partial charge in [-0.2, -0.15) is 0 Å². The highest BCUT2D eigenvalue weighted by Gasteiger charge is 2.23. The van der Waals surface area contributed by atoms with Crippen LogP contribution in [0.4, 0.5) is 0 Å². The molecule has 0 amide bonds. The molecule has 0 heterocycles. The molecule has 2 aromatic rings. The Bertz CT molecular complexity index is 749. The summed E-state index contributed by atoms with van der Waals surface area (Å²) in [6, 6.07) is 13.6. The molecule has 0 fully saturated rings. The number of carbonyl (C=O) groups excluding carboxylic acids is 1. The summed E-state index contributed by atoms with van der Waals surface area (Å²) in [4.78, 5) is 11.0. The van der Waals surface area contributed by atoms with Crippen molar-refractivity contribution in [3.8, 4) is 11.5 Å². The summed E-state index contributed by atoms with van der Waals surface area (Å²) in [5.41, 5.74) is 3.13. The van der Waals surface area contributed by atoms with Gasteiger partial charge in [-0.25, -0.2) is 0 Å². The number of para-hydroxylation sites is 1. The average molecular weight is 354 g/mol. The van der Waals surface area contributed by atoms with Crippen molar-refractivity contribution in [2.24, 2.45) is 0 Å². The molecule has 3 nitrogen and oxygen atoms in total. The second-order valence-electron chi connectivity index (χ2n) is 8.56. The number of aldehydes is 1. The molecule has 2 rings (SSSR count). The van der Waals surface area contributed by atoms with Crippen LogP contribution in [0.25, 0.3) is 0 Å². The molecule has 0 aliphatic heterocycles. The Morgan fingerprint density at radius 3 is 2.00 bits per heavy atom. The molecular weight excluding hydrogens is 324 g/mol. The van der Waals surface area contributed by atoms with Crippen molar-refractivity contribution in [1.82, 2.24) is 0 Å². The molecule has 140 valence electrons. The standard InChI is InChI=1S/C23H30O3/c1-22(2,3)18-11-12-21(19(15-18)23(4,5)6)26-14-13-25-20-10-8-7-9-17(20)16-24/h7-12,15-16H,13-14H2,1-6H3. The first kappa shape index (κ1) is 20.0. The fourth-order valence-corrected chi connectivity index (χ4v) is 2.72. The van der Waals surface area contributed by atoms with E-state index in [1.54, 1.807) is 12.1 Å². The first-order chi connectivity index (χ1) is 12.1. The summed E-state index contributed by atoms with van der Waals surface area (Å²) in [6.45, 7) is 14.0. The van der Waals surface area contributed by atoms with Crippen LogP contribution in [0, 0.1) is 0 Å². The zero-order valence-electron chi connectivity index (χ0n) is 16.8. The average Bonchev–Trinajstić information content (AvgIpc) is 2.57. The summed E-state index contributed by atoms with van der Waals surface area (Å²) < 4.78 is 11.7. The van der Waals surface area contributed by atoms with E-state index in [4.69, 9.17) is 9.47 Å². The number of hydrogen-bond acceptors (Lipinski definition) is 3. The van der Waals surface area contributed by atoms with Crippen molar-refractivity contribution < 1.29 is 14.3 Å². The summed E-state index contributed by atoms with van der Waals surface area (Å²) in [5, 5.41) is 0. The van der Waals surface area contributed by atoms with E-state index in [-0.39, 0.29) is 10.8 Å². The van der Waals surface area contributed by atoms with Crippen LogP contribution in [0.1, 0.15) is 63.0 Å². The molecule has 0 bridgehead atoms. The molecule has 0 spiro atoms. The number of ether oxygens (including phenoxy) is 2. The van der Waals surface area contributed by atoms with Gasteiger partial charge in [-0.05, 0) is 40.2 Å². The van der Waals surface area contributed by atoms with Crippen LogP contribution in [0.5, 0.6) is 11.5 Å². The molecule has 0 aliphatic rings. The van der Waals surface area contributed by atoms with Gasteiger partial charge < -0.3 is 9.47 Å². The van der Waals surface area contributed by atoms with Crippen LogP contribution in [0.2, 0.25) is 0 Å². The third-order valence-electron chi connectivity index (χ3n) is 4.30. The minimum absolute atomic E-state index is 0.0123. The first-order valence-electron chi connectivity index (χ1n) is 9.08. The fourth-order valence-electron chi connectivity index (χ4n) is 2.72. The topological polar surface area (TPSA) is 35.5 Å². The van der Waals surface area contributed by atoms with Gasteiger partial charge in [-0.15, -0.1) is 0 Å². The van der Waals surface area contributed by atoms with Gasteiger partial charge in [0.25, 0.3) is 0 Å². The molecule has 0 atom stereocenters. The van der Waals surface area contributed by atoms with Crippen molar-refractivity contribution in [2.45, 2.75) is 52.4 Å². The third-order valence-corrected chi connectivity index (χ3v) is 4.30. The molecule has 0 saturated heterocycles.